The van der Waals surface area contributed by atoms with Gasteiger partial charge in [0.1, 0.15) is 0 Å². The van der Waals surface area contributed by atoms with Crippen molar-refractivity contribution in [1.82, 2.24) is 0 Å². The molecule has 2 aromatic carbocycles. The van der Waals surface area contributed by atoms with Crippen LogP contribution in [0.2, 0.25) is 5.02 Å². The van der Waals surface area contributed by atoms with Crippen molar-refractivity contribution < 1.29 is 19.2 Å². The van der Waals surface area contributed by atoms with E-state index in [9.17, 15) is 14.9 Å². The lowest BCUT2D eigenvalue weighted by molar-refractivity contribution is -0.384. The van der Waals surface area contributed by atoms with Crippen molar-refractivity contribution in [2.24, 2.45) is 0 Å². The van der Waals surface area contributed by atoms with Gasteiger partial charge in [-0.25, -0.2) is 0 Å². The van der Waals surface area contributed by atoms with Crippen LogP contribution in [0.15, 0.2) is 36.4 Å². The van der Waals surface area contributed by atoms with Gasteiger partial charge >= 0.3 is 0 Å². The fraction of sp³-hybridized carbons (Fsp3) is 0.0714. The fourth-order valence-electron chi connectivity index (χ4n) is 1.69. The lowest BCUT2D eigenvalue weighted by Crippen LogP contribution is -1.96. The van der Waals surface area contributed by atoms with E-state index in [4.69, 9.17) is 21.1 Å². The summed E-state index contributed by atoms with van der Waals surface area (Å²) in [6.07, 6.45) is 0.588. The van der Waals surface area contributed by atoms with Gasteiger partial charge in [0.25, 0.3) is 5.69 Å². The van der Waals surface area contributed by atoms with Gasteiger partial charge in [-0.05, 0) is 18.2 Å². The number of para-hydroxylation sites is 1. The van der Waals surface area contributed by atoms with Gasteiger partial charge in [0.2, 0.25) is 0 Å². The standard InChI is InChI=1S/C14H10ClNO5/c1-20-12-6-5-10(16(18)19)7-13(12)21-14-9(8-17)3-2-4-11(14)15/h2-8H,1H3. The molecular weight excluding hydrogens is 298 g/mol. The van der Waals surface area contributed by atoms with E-state index >= 15 is 0 Å². The van der Waals surface area contributed by atoms with E-state index in [1.54, 1.807) is 12.1 Å². The van der Waals surface area contributed by atoms with Crippen LogP contribution in [0, 0.1) is 10.1 Å². The molecular formula is C14H10ClNO5. The van der Waals surface area contributed by atoms with E-state index in [-0.39, 0.29) is 33.5 Å². The third-order valence-electron chi connectivity index (χ3n) is 2.69. The highest BCUT2D eigenvalue weighted by molar-refractivity contribution is 6.32. The molecule has 108 valence electrons. The van der Waals surface area contributed by atoms with E-state index in [0.717, 1.165) is 0 Å². The number of nitrogens with zero attached hydrogens (tertiary/aromatic N) is 1. The summed E-state index contributed by atoms with van der Waals surface area (Å²) in [6.45, 7) is 0. The molecule has 0 spiro atoms. The van der Waals surface area contributed by atoms with Crippen molar-refractivity contribution in [3.05, 3.63) is 57.1 Å². The minimum absolute atomic E-state index is 0.0999. The van der Waals surface area contributed by atoms with Crippen molar-refractivity contribution >= 4 is 23.6 Å². The first kappa shape index (κ1) is 14.8. The van der Waals surface area contributed by atoms with Crippen LogP contribution in [0.4, 0.5) is 5.69 Å². The van der Waals surface area contributed by atoms with Crippen LogP contribution in [0.5, 0.6) is 17.2 Å². The molecule has 0 saturated heterocycles. The zero-order valence-corrected chi connectivity index (χ0v) is 11.7. The van der Waals surface area contributed by atoms with E-state index in [1.165, 1.54) is 31.4 Å². The molecule has 0 radical (unpaired) electrons. The lowest BCUT2D eigenvalue weighted by atomic mass is 10.2. The van der Waals surface area contributed by atoms with Crippen molar-refractivity contribution in [2.45, 2.75) is 0 Å². The first-order chi connectivity index (χ1) is 10.1. The highest BCUT2D eigenvalue weighted by Gasteiger charge is 2.16. The molecule has 0 fully saturated rings. The van der Waals surface area contributed by atoms with Crippen LogP contribution >= 0.6 is 11.6 Å². The monoisotopic (exact) mass is 307 g/mol. The van der Waals surface area contributed by atoms with Gasteiger partial charge < -0.3 is 9.47 Å². The number of carbonyl (C=O) groups excluding carboxylic acids is 1. The van der Waals surface area contributed by atoms with Gasteiger partial charge in [0.15, 0.2) is 23.5 Å². The number of nitro benzene ring substituents is 1. The molecule has 0 heterocycles. The van der Waals surface area contributed by atoms with Crippen LogP contribution in [-0.4, -0.2) is 18.3 Å². The molecule has 21 heavy (non-hydrogen) atoms. The van der Waals surface area contributed by atoms with Crippen LogP contribution in [0.1, 0.15) is 10.4 Å². The Morgan fingerprint density at radius 1 is 1.24 bits per heavy atom. The molecule has 0 aromatic heterocycles. The number of halogens is 1. The second-order valence-corrected chi connectivity index (χ2v) is 4.38. The number of non-ortho nitro benzene ring substituents is 1. The fourth-order valence-corrected chi connectivity index (χ4v) is 1.92. The molecule has 0 saturated carbocycles. The maximum absolute atomic E-state index is 11.0. The molecule has 7 heteroatoms. The van der Waals surface area contributed by atoms with Gasteiger partial charge in [-0.2, -0.15) is 0 Å². The predicted octanol–water partition coefficient (Wildman–Crippen LogP) is 3.86. The first-order valence-electron chi connectivity index (χ1n) is 5.80. The summed E-state index contributed by atoms with van der Waals surface area (Å²) in [6, 6.07) is 8.58. The van der Waals surface area contributed by atoms with E-state index in [0.29, 0.717) is 6.29 Å². The zero-order chi connectivity index (χ0) is 15.4. The van der Waals surface area contributed by atoms with Crippen molar-refractivity contribution in [3.8, 4) is 17.2 Å². The summed E-state index contributed by atoms with van der Waals surface area (Å²) in [4.78, 5) is 21.3. The normalized spacial score (nSPS) is 10.0. The van der Waals surface area contributed by atoms with Crippen LogP contribution in [0.25, 0.3) is 0 Å². The molecule has 6 nitrogen and oxygen atoms in total. The minimum atomic E-state index is -0.556. The molecule has 2 aromatic rings. The Morgan fingerprint density at radius 2 is 2.00 bits per heavy atom. The summed E-state index contributed by atoms with van der Waals surface area (Å²) in [7, 11) is 1.40. The van der Waals surface area contributed by atoms with Crippen molar-refractivity contribution in [2.75, 3.05) is 7.11 Å². The third kappa shape index (κ3) is 3.11. The zero-order valence-electron chi connectivity index (χ0n) is 10.9. The van der Waals surface area contributed by atoms with Crippen LogP contribution < -0.4 is 9.47 Å². The number of benzene rings is 2. The topological polar surface area (TPSA) is 78.7 Å². The van der Waals surface area contributed by atoms with Crippen LogP contribution in [-0.2, 0) is 0 Å². The molecule has 2 rings (SSSR count). The average molecular weight is 308 g/mol. The van der Waals surface area contributed by atoms with Gasteiger partial charge in [-0.1, -0.05) is 17.7 Å². The Morgan fingerprint density at radius 3 is 2.62 bits per heavy atom. The number of nitro groups is 1. The highest BCUT2D eigenvalue weighted by atomic mass is 35.5. The maximum atomic E-state index is 11.0. The Bertz CT molecular complexity index is 702. The molecule has 0 aliphatic rings. The number of carbonyl (C=O) groups is 1. The molecule has 0 atom stereocenters. The van der Waals surface area contributed by atoms with E-state index in [1.807, 2.05) is 0 Å². The predicted molar refractivity (Wildman–Crippen MR) is 76.6 cm³/mol. The first-order valence-corrected chi connectivity index (χ1v) is 6.18. The Kier molecular flexibility index (Phi) is 4.39. The number of ether oxygens (including phenoxy) is 2. The minimum Gasteiger partial charge on any atom is -0.493 e. The summed E-state index contributed by atoms with van der Waals surface area (Å²) in [5, 5.41) is 11.0. The summed E-state index contributed by atoms with van der Waals surface area (Å²) < 4.78 is 10.6. The third-order valence-corrected chi connectivity index (χ3v) is 2.99. The van der Waals surface area contributed by atoms with Gasteiger partial charge in [-0.3, -0.25) is 14.9 Å². The maximum Gasteiger partial charge on any atom is 0.273 e. The van der Waals surface area contributed by atoms with Gasteiger partial charge in [0, 0.05) is 6.07 Å². The van der Waals surface area contributed by atoms with Crippen molar-refractivity contribution in [3.63, 3.8) is 0 Å². The Hall–Kier alpha value is -2.60. The number of methoxy groups -OCH3 is 1. The summed E-state index contributed by atoms with van der Waals surface area (Å²) >= 11 is 6.00. The van der Waals surface area contributed by atoms with Crippen molar-refractivity contribution in [1.29, 1.82) is 0 Å². The smallest absolute Gasteiger partial charge is 0.273 e. The van der Waals surface area contributed by atoms with E-state index < -0.39 is 4.92 Å². The molecule has 0 aliphatic carbocycles. The van der Waals surface area contributed by atoms with Gasteiger partial charge in [0.05, 0.1) is 28.7 Å². The number of hydrogen-bond acceptors (Lipinski definition) is 5. The second-order valence-electron chi connectivity index (χ2n) is 3.97. The molecule has 0 aliphatic heterocycles. The largest absolute Gasteiger partial charge is 0.493 e. The van der Waals surface area contributed by atoms with E-state index in [2.05, 4.69) is 0 Å². The average Bonchev–Trinajstić information content (AvgIpc) is 2.49. The SMILES string of the molecule is COc1ccc([N+](=O)[O-])cc1Oc1c(Cl)cccc1C=O. The lowest BCUT2D eigenvalue weighted by Gasteiger charge is -2.12. The number of hydrogen-bond donors (Lipinski definition) is 0. The number of rotatable bonds is 5. The quantitative estimate of drug-likeness (QED) is 0.476. The molecule has 0 bridgehead atoms. The Balaban J connectivity index is 2.50. The summed E-state index contributed by atoms with van der Waals surface area (Å²) in [5.74, 6) is 0.508. The Labute approximate surface area is 125 Å². The molecule has 0 unspecified atom stereocenters. The van der Waals surface area contributed by atoms with Crippen LogP contribution in [0.3, 0.4) is 0 Å². The molecule has 0 amide bonds. The highest BCUT2D eigenvalue weighted by Crippen LogP contribution is 2.38. The summed E-state index contributed by atoms with van der Waals surface area (Å²) in [5.41, 5.74) is 0.0709. The number of aldehydes is 1. The molecule has 0 N–H and O–H groups in total. The second kappa shape index (κ2) is 6.23. The van der Waals surface area contributed by atoms with Gasteiger partial charge in [-0.15, -0.1) is 0 Å².